The van der Waals surface area contributed by atoms with E-state index in [9.17, 15) is 9.59 Å². The normalized spacial score (nSPS) is 13.4. The van der Waals surface area contributed by atoms with Gasteiger partial charge in [-0.25, -0.2) is 4.98 Å². The summed E-state index contributed by atoms with van der Waals surface area (Å²) in [7, 11) is 0. The maximum absolute atomic E-state index is 12.4. The Balaban J connectivity index is 1.67. The molecule has 1 N–H and O–H groups in total. The fourth-order valence-corrected chi connectivity index (χ4v) is 2.71. The number of amides is 2. The number of benzene rings is 1. The molecule has 0 saturated carbocycles. The molecule has 0 fully saturated rings. The molecule has 2 amide bonds. The van der Waals surface area contributed by atoms with E-state index >= 15 is 0 Å². The molecule has 2 aromatic rings. The van der Waals surface area contributed by atoms with Crippen molar-refractivity contribution in [3.05, 3.63) is 48.2 Å². The van der Waals surface area contributed by atoms with Gasteiger partial charge in [0.25, 0.3) is 0 Å². The summed E-state index contributed by atoms with van der Waals surface area (Å²) in [4.78, 5) is 30.4. The summed E-state index contributed by atoms with van der Waals surface area (Å²) in [6.45, 7) is 2.89. The lowest BCUT2D eigenvalue weighted by Gasteiger charge is -2.21. The van der Waals surface area contributed by atoms with Crippen LogP contribution >= 0.6 is 0 Å². The standard InChI is InChI=1S/C19H21N3O4/c1-2-25-19-14(6-5-10-20-19)12-21-17(23)13-22-15-7-3-4-8-16(15)26-11-9-18(22)24/h3-8,10H,2,9,11-13H2,1H3,(H,21,23). The minimum Gasteiger partial charge on any atom is -0.491 e. The van der Waals surface area contributed by atoms with Crippen LogP contribution in [0.4, 0.5) is 5.69 Å². The Bertz CT molecular complexity index is 794. The van der Waals surface area contributed by atoms with E-state index in [0.717, 1.165) is 5.56 Å². The SMILES string of the molecule is CCOc1ncccc1CNC(=O)CN1C(=O)CCOc2ccccc21. The predicted octanol–water partition coefficient (Wildman–Crippen LogP) is 1.91. The van der Waals surface area contributed by atoms with Crippen LogP contribution in [-0.2, 0) is 16.1 Å². The van der Waals surface area contributed by atoms with Gasteiger partial charge in [0.1, 0.15) is 12.3 Å². The number of nitrogens with zero attached hydrogens (tertiary/aromatic N) is 2. The number of rotatable bonds is 6. The Hall–Kier alpha value is -3.09. The first kappa shape index (κ1) is 17.7. The molecule has 136 valence electrons. The number of fused-ring (bicyclic) bond motifs is 1. The van der Waals surface area contributed by atoms with E-state index in [4.69, 9.17) is 9.47 Å². The first-order valence-electron chi connectivity index (χ1n) is 8.54. The number of hydrogen-bond donors (Lipinski definition) is 1. The Morgan fingerprint density at radius 3 is 3.00 bits per heavy atom. The van der Waals surface area contributed by atoms with E-state index in [1.165, 1.54) is 4.90 Å². The van der Waals surface area contributed by atoms with E-state index in [1.807, 2.05) is 25.1 Å². The third kappa shape index (κ3) is 4.11. The molecule has 0 saturated heterocycles. The Morgan fingerprint density at radius 1 is 1.31 bits per heavy atom. The van der Waals surface area contributed by atoms with Gasteiger partial charge in [-0.3, -0.25) is 14.5 Å². The van der Waals surface area contributed by atoms with Crippen LogP contribution in [0.2, 0.25) is 0 Å². The molecule has 0 radical (unpaired) electrons. The van der Waals surface area contributed by atoms with Crippen molar-refractivity contribution in [2.75, 3.05) is 24.7 Å². The zero-order valence-corrected chi connectivity index (χ0v) is 14.6. The monoisotopic (exact) mass is 355 g/mol. The third-order valence-corrected chi connectivity index (χ3v) is 3.94. The average molecular weight is 355 g/mol. The van der Waals surface area contributed by atoms with Gasteiger partial charge < -0.3 is 14.8 Å². The van der Waals surface area contributed by atoms with Gasteiger partial charge in [0.15, 0.2) is 0 Å². The molecule has 1 aromatic carbocycles. The van der Waals surface area contributed by atoms with Crippen LogP contribution in [0, 0.1) is 0 Å². The van der Waals surface area contributed by atoms with Crippen molar-refractivity contribution >= 4 is 17.5 Å². The van der Waals surface area contributed by atoms with Crippen molar-refractivity contribution in [1.82, 2.24) is 10.3 Å². The highest BCUT2D eigenvalue weighted by molar-refractivity contribution is 6.00. The van der Waals surface area contributed by atoms with E-state index in [1.54, 1.807) is 24.4 Å². The molecule has 2 heterocycles. The van der Waals surface area contributed by atoms with Gasteiger partial charge in [-0.2, -0.15) is 0 Å². The molecule has 26 heavy (non-hydrogen) atoms. The summed E-state index contributed by atoms with van der Waals surface area (Å²) in [6.07, 6.45) is 1.88. The van der Waals surface area contributed by atoms with Crippen LogP contribution in [0.1, 0.15) is 18.9 Å². The predicted molar refractivity (Wildman–Crippen MR) is 96.2 cm³/mol. The molecule has 3 rings (SSSR count). The Kier molecular flexibility index (Phi) is 5.68. The van der Waals surface area contributed by atoms with Gasteiger partial charge in [0.2, 0.25) is 17.7 Å². The molecule has 7 heteroatoms. The van der Waals surface area contributed by atoms with Crippen molar-refractivity contribution in [1.29, 1.82) is 0 Å². The van der Waals surface area contributed by atoms with Crippen LogP contribution in [-0.4, -0.2) is 36.6 Å². The third-order valence-electron chi connectivity index (χ3n) is 3.94. The highest BCUT2D eigenvalue weighted by Crippen LogP contribution is 2.30. The zero-order chi connectivity index (χ0) is 18.4. The van der Waals surface area contributed by atoms with E-state index in [2.05, 4.69) is 10.3 Å². The van der Waals surface area contributed by atoms with Gasteiger partial charge in [-0.05, 0) is 25.1 Å². The Labute approximate surface area is 151 Å². The van der Waals surface area contributed by atoms with Crippen molar-refractivity contribution in [3.8, 4) is 11.6 Å². The number of nitrogens with one attached hydrogen (secondary N) is 1. The number of carbonyl (C=O) groups excluding carboxylic acids is 2. The largest absolute Gasteiger partial charge is 0.491 e. The molecule has 1 aliphatic rings. The second-order valence-corrected chi connectivity index (χ2v) is 5.72. The molecule has 0 unspecified atom stereocenters. The average Bonchev–Trinajstić information content (AvgIpc) is 2.81. The summed E-state index contributed by atoms with van der Waals surface area (Å²) >= 11 is 0. The first-order chi connectivity index (χ1) is 12.7. The number of pyridine rings is 1. The number of anilines is 1. The molecule has 0 bridgehead atoms. The maximum atomic E-state index is 12.4. The van der Waals surface area contributed by atoms with Crippen LogP contribution < -0.4 is 19.7 Å². The van der Waals surface area contributed by atoms with Crippen LogP contribution in [0.15, 0.2) is 42.6 Å². The van der Waals surface area contributed by atoms with Crippen LogP contribution in [0.25, 0.3) is 0 Å². The minimum absolute atomic E-state index is 0.0660. The molecule has 0 aliphatic carbocycles. The zero-order valence-electron chi connectivity index (χ0n) is 14.6. The van der Waals surface area contributed by atoms with Crippen molar-refractivity contribution in [2.45, 2.75) is 19.9 Å². The summed E-state index contributed by atoms with van der Waals surface area (Å²) in [5, 5.41) is 2.82. The highest BCUT2D eigenvalue weighted by atomic mass is 16.5. The number of para-hydroxylation sites is 2. The summed E-state index contributed by atoms with van der Waals surface area (Å²) < 4.78 is 11.0. The summed E-state index contributed by atoms with van der Waals surface area (Å²) in [6, 6.07) is 10.9. The summed E-state index contributed by atoms with van der Waals surface area (Å²) in [5.74, 6) is 0.708. The number of ether oxygens (including phenoxy) is 2. The van der Waals surface area contributed by atoms with E-state index in [0.29, 0.717) is 30.5 Å². The van der Waals surface area contributed by atoms with Crippen molar-refractivity contribution in [2.24, 2.45) is 0 Å². The minimum atomic E-state index is -0.263. The van der Waals surface area contributed by atoms with Crippen LogP contribution in [0.3, 0.4) is 0 Å². The van der Waals surface area contributed by atoms with Crippen molar-refractivity contribution in [3.63, 3.8) is 0 Å². The topological polar surface area (TPSA) is 80.8 Å². The lowest BCUT2D eigenvalue weighted by Crippen LogP contribution is -2.40. The highest BCUT2D eigenvalue weighted by Gasteiger charge is 2.25. The van der Waals surface area contributed by atoms with Gasteiger partial charge in [-0.1, -0.05) is 18.2 Å². The maximum Gasteiger partial charge on any atom is 0.240 e. The van der Waals surface area contributed by atoms with Crippen LogP contribution in [0.5, 0.6) is 11.6 Å². The Morgan fingerprint density at radius 2 is 2.15 bits per heavy atom. The van der Waals surface area contributed by atoms with E-state index < -0.39 is 0 Å². The molecular weight excluding hydrogens is 334 g/mol. The smallest absolute Gasteiger partial charge is 0.240 e. The fraction of sp³-hybridized carbons (Fsp3) is 0.316. The van der Waals surface area contributed by atoms with E-state index in [-0.39, 0.29) is 31.3 Å². The lowest BCUT2D eigenvalue weighted by molar-refractivity contribution is -0.124. The fourth-order valence-electron chi connectivity index (χ4n) is 2.71. The number of hydrogen-bond acceptors (Lipinski definition) is 5. The second kappa shape index (κ2) is 8.33. The molecular formula is C19H21N3O4. The first-order valence-corrected chi connectivity index (χ1v) is 8.54. The second-order valence-electron chi connectivity index (χ2n) is 5.72. The van der Waals surface area contributed by atoms with Gasteiger partial charge >= 0.3 is 0 Å². The number of carbonyl (C=O) groups is 2. The number of aromatic nitrogens is 1. The van der Waals surface area contributed by atoms with Crippen molar-refractivity contribution < 1.29 is 19.1 Å². The quantitative estimate of drug-likeness (QED) is 0.856. The van der Waals surface area contributed by atoms with Gasteiger partial charge in [0, 0.05) is 18.3 Å². The van der Waals surface area contributed by atoms with Gasteiger partial charge in [0.05, 0.1) is 25.3 Å². The molecule has 7 nitrogen and oxygen atoms in total. The summed E-state index contributed by atoms with van der Waals surface area (Å²) in [5.41, 5.74) is 1.40. The molecule has 1 aliphatic heterocycles. The lowest BCUT2D eigenvalue weighted by atomic mass is 10.2. The molecule has 1 aromatic heterocycles. The van der Waals surface area contributed by atoms with Gasteiger partial charge in [-0.15, -0.1) is 0 Å². The molecule has 0 atom stereocenters. The molecule has 0 spiro atoms.